The first kappa shape index (κ1) is 18.7. The maximum atomic E-state index is 12.0. The highest BCUT2D eigenvalue weighted by molar-refractivity contribution is 6.06. The standard InChI is InChI=1S/C19H19N3O4/c1-25-17-6-8-18(9-7-17)26-11-10-21-13-14(12-20)19(24)22-15-2-4-16(23)5-3-15/h2-9,13,21,23H,10-11H2,1H3,(H,22,24)/b14-13-. The third-order valence-electron chi connectivity index (χ3n) is 3.31. The Labute approximate surface area is 151 Å². The summed E-state index contributed by atoms with van der Waals surface area (Å²) in [5, 5.41) is 23.8. The number of benzene rings is 2. The van der Waals surface area contributed by atoms with Gasteiger partial charge in [0.25, 0.3) is 5.91 Å². The number of nitriles is 1. The van der Waals surface area contributed by atoms with Crippen molar-refractivity contribution in [1.29, 1.82) is 5.26 Å². The van der Waals surface area contributed by atoms with Gasteiger partial charge in [0, 0.05) is 18.4 Å². The van der Waals surface area contributed by atoms with Crippen molar-refractivity contribution in [2.75, 3.05) is 25.6 Å². The molecule has 1 amide bonds. The van der Waals surface area contributed by atoms with Crippen LogP contribution in [0.25, 0.3) is 0 Å². The number of ether oxygens (including phenoxy) is 2. The summed E-state index contributed by atoms with van der Waals surface area (Å²) in [4.78, 5) is 12.0. The molecule has 2 aromatic rings. The van der Waals surface area contributed by atoms with Crippen molar-refractivity contribution in [3.05, 3.63) is 60.3 Å². The minimum absolute atomic E-state index is 0.0671. The van der Waals surface area contributed by atoms with Crippen molar-refractivity contribution in [1.82, 2.24) is 5.32 Å². The minimum Gasteiger partial charge on any atom is -0.508 e. The fraction of sp³-hybridized carbons (Fsp3) is 0.158. The number of carbonyl (C=O) groups is 1. The number of anilines is 1. The maximum absolute atomic E-state index is 12.0. The zero-order valence-electron chi connectivity index (χ0n) is 14.2. The Morgan fingerprint density at radius 3 is 2.42 bits per heavy atom. The molecule has 0 aliphatic rings. The predicted octanol–water partition coefficient (Wildman–Crippen LogP) is 2.42. The Bertz CT molecular complexity index is 793. The van der Waals surface area contributed by atoms with Crippen LogP contribution in [0, 0.1) is 11.3 Å². The van der Waals surface area contributed by atoms with Gasteiger partial charge < -0.3 is 25.2 Å². The van der Waals surface area contributed by atoms with Crippen LogP contribution in [0.5, 0.6) is 17.2 Å². The quantitative estimate of drug-likeness (QED) is 0.291. The third-order valence-corrected chi connectivity index (χ3v) is 3.31. The van der Waals surface area contributed by atoms with E-state index in [-0.39, 0.29) is 11.3 Å². The molecule has 0 bridgehead atoms. The highest BCUT2D eigenvalue weighted by Crippen LogP contribution is 2.16. The lowest BCUT2D eigenvalue weighted by atomic mass is 10.2. The molecule has 0 heterocycles. The summed E-state index contributed by atoms with van der Waals surface area (Å²) in [7, 11) is 1.59. The lowest BCUT2D eigenvalue weighted by Crippen LogP contribution is -2.20. The Morgan fingerprint density at radius 1 is 1.15 bits per heavy atom. The molecule has 0 atom stereocenters. The second kappa shape index (κ2) is 9.59. The van der Waals surface area contributed by atoms with Crippen LogP contribution in [-0.2, 0) is 4.79 Å². The van der Waals surface area contributed by atoms with E-state index in [4.69, 9.17) is 14.7 Å². The highest BCUT2D eigenvalue weighted by Gasteiger charge is 2.09. The van der Waals surface area contributed by atoms with E-state index >= 15 is 0 Å². The molecule has 2 aromatic carbocycles. The van der Waals surface area contributed by atoms with Crippen molar-refractivity contribution in [3.8, 4) is 23.3 Å². The molecule has 0 fully saturated rings. The summed E-state index contributed by atoms with van der Waals surface area (Å²) in [6, 6.07) is 15.0. The lowest BCUT2D eigenvalue weighted by Gasteiger charge is -2.08. The Morgan fingerprint density at radius 2 is 1.81 bits per heavy atom. The summed E-state index contributed by atoms with van der Waals surface area (Å²) in [5.41, 5.74) is 0.416. The highest BCUT2D eigenvalue weighted by atomic mass is 16.5. The first-order valence-corrected chi connectivity index (χ1v) is 7.83. The first-order valence-electron chi connectivity index (χ1n) is 7.83. The molecule has 134 valence electrons. The van der Waals surface area contributed by atoms with Crippen molar-refractivity contribution in [3.63, 3.8) is 0 Å². The molecule has 3 N–H and O–H groups in total. The molecule has 0 spiro atoms. The smallest absolute Gasteiger partial charge is 0.267 e. The number of methoxy groups -OCH3 is 1. The zero-order chi connectivity index (χ0) is 18.8. The molecular weight excluding hydrogens is 334 g/mol. The zero-order valence-corrected chi connectivity index (χ0v) is 14.2. The molecule has 0 unspecified atom stereocenters. The van der Waals surface area contributed by atoms with E-state index < -0.39 is 5.91 Å². The van der Waals surface area contributed by atoms with Gasteiger partial charge in [-0.25, -0.2) is 0 Å². The van der Waals surface area contributed by atoms with Crippen LogP contribution in [0.3, 0.4) is 0 Å². The summed E-state index contributed by atoms with van der Waals surface area (Å²) in [5.74, 6) is 0.998. The summed E-state index contributed by atoms with van der Waals surface area (Å²) in [6.45, 7) is 0.783. The molecular formula is C19H19N3O4. The molecule has 0 aliphatic heterocycles. The average molecular weight is 353 g/mol. The van der Waals surface area contributed by atoms with E-state index in [9.17, 15) is 9.90 Å². The van der Waals surface area contributed by atoms with Gasteiger partial charge in [-0.05, 0) is 48.5 Å². The number of aromatic hydroxyl groups is 1. The number of phenols is 1. The van der Waals surface area contributed by atoms with Crippen LogP contribution in [0.15, 0.2) is 60.3 Å². The van der Waals surface area contributed by atoms with E-state index in [1.165, 1.54) is 18.3 Å². The molecule has 26 heavy (non-hydrogen) atoms. The first-order chi connectivity index (χ1) is 12.6. The fourth-order valence-corrected chi connectivity index (χ4v) is 1.97. The fourth-order valence-electron chi connectivity index (χ4n) is 1.97. The van der Waals surface area contributed by atoms with Crippen molar-refractivity contribution < 1.29 is 19.4 Å². The number of nitrogens with zero attached hydrogens (tertiary/aromatic N) is 1. The van der Waals surface area contributed by atoms with E-state index in [2.05, 4.69) is 10.6 Å². The van der Waals surface area contributed by atoms with E-state index in [0.29, 0.717) is 24.6 Å². The number of carbonyl (C=O) groups excluding carboxylic acids is 1. The Balaban J connectivity index is 1.78. The maximum Gasteiger partial charge on any atom is 0.267 e. The van der Waals surface area contributed by atoms with Gasteiger partial charge in [-0.15, -0.1) is 0 Å². The number of nitrogens with one attached hydrogen (secondary N) is 2. The molecule has 0 radical (unpaired) electrons. The van der Waals surface area contributed by atoms with Gasteiger partial charge >= 0.3 is 0 Å². The molecule has 7 nitrogen and oxygen atoms in total. The Hall–Kier alpha value is -3.66. The monoisotopic (exact) mass is 353 g/mol. The summed E-state index contributed by atoms with van der Waals surface area (Å²) < 4.78 is 10.6. The number of amides is 1. The minimum atomic E-state index is -0.540. The van der Waals surface area contributed by atoms with Crippen LogP contribution >= 0.6 is 0 Å². The van der Waals surface area contributed by atoms with Gasteiger partial charge in [0.05, 0.1) is 7.11 Å². The van der Waals surface area contributed by atoms with Crippen LogP contribution in [-0.4, -0.2) is 31.3 Å². The van der Waals surface area contributed by atoms with Crippen LogP contribution in [0.2, 0.25) is 0 Å². The van der Waals surface area contributed by atoms with Gasteiger partial charge in [-0.1, -0.05) is 0 Å². The normalized spacial score (nSPS) is 10.5. The second-order valence-corrected chi connectivity index (χ2v) is 5.15. The summed E-state index contributed by atoms with van der Waals surface area (Å²) >= 11 is 0. The average Bonchev–Trinajstić information content (AvgIpc) is 2.67. The van der Waals surface area contributed by atoms with Crippen LogP contribution in [0.1, 0.15) is 0 Å². The third kappa shape index (κ3) is 5.76. The van der Waals surface area contributed by atoms with Crippen molar-refractivity contribution in [2.24, 2.45) is 0 Å². The van der Waals surface area contributed by atoms with E-state index in [1.54, 1.807) is 43.5 Å². The van der Waals surface area contributed by atoms with Gasteiger partial charge in [0.15, 0.2) is 0 Å². The topological polar surface area (TPSA) is 104 Å². The van der Waals surface area contributed by atoms with Crippen molar-refractivity contribution >= 4 is 11.6 Å². The van der Waals surface area contributed by atoms with Crippen molar-refractivity contribution in [2.45, 2.75) is 0 Å². The largest absolute Gasteiger partial charge is 0.508 e. The van der Waals surface area contributed by atoms with Gasteiger partial charge in [-0.2, -0.15) is 5.26 Å². The number of rotatable bonds is 8. The molecule has 0 aromatic heterocycles. The predicted molar refractivity (Wildman–Crippen MR) is 96.9 cm³/mol. The van der Waals surface area contributed by atoms with E-state index in [1.807, 2.05) is 6.07 Å². The number of hydrogen-bond acceptors (Lipinski definition) is 6. The van der Waals surface area contributed by atoms with Gasteiger partial charge in [0.2, 0.25) is 0 Å². The molecule has 0 aliphatic carbocycles. The van der Waals surface area contributed by atoms with Gasteiger partial charge in [-0.3, -0.25) is 4.79 Å². The molecule has 2 rings (SSSR count). The van der Waals surface area contributed by atoms with Gasteiger partial charge in [0.1, 0.15) is 35.5 Å². The molecule has 0 saturated carbocycles. The summed E-state index contributed by atoms with van der Waals surface area (Å²) in [6.07, 6.45) is 1.34. The Kier molecular flexibility index (Phi) is 6.89. The lowest BCUT2D eigenvalue weighted by molar-refractivity contribution is -0.112. The van der Waals surface area contributed by atoms with E-state index in [0.717, 1.165) is 5.75 Å². The molecule has 7 heteroatoms. The van der Waals surface area contributed by atoms with Crippen LogP contribution < -0.4 is 20.1 Å². The van der Waals surface area contributed by atoms with Crippen LogP contribution in [0.4, 0.5) is 5.69 Å². The number of hydrogen-bond donors (Lipinski definition) is 3. The molecule has 0 saturated heterocycles. The number of phenolic OH excluding ortho intramolecular Hbond substituents is 1. The SMILES string of the molecule is COc1ccc(OCCN/C=C(/C#N)C(=O)Nc2ccc(O)cc2)cc1. The second-order valence-electron chi connectivity index (χ2n) is 5.15.